The van der Waals surface area contributed by atoms with Gasteiger partial charge in [-0.1, -0.05) is 42.5 Å². The molecule has 0 aliphatic carbocycles. The fourth-order valence-corrected chi connectivity index (χ4v) is 2.70. The molecule has 1 fully saturated rings. The molecule has 0 saturated carbocycles. The minimum atomic E-state index is -0.449. The lowest BCUT2D eigenvalue weighted by Crippen LogP contribution is -2.41. The van der Waals surface area contributed by atoms with E-state index in [9.17, 15) is 4.39 Å². The van der Waals surface area contributed by atoms with Crippen LogP contribution in [0.1, 0.15) is 38.8 Å². The Kier molecular flexibility index (Phi) is 4.37. The maximum absolute atomic E-state index is 13.3. The van der Waals surface area contributed by atoms with Crippen LogP contribution in [-0.4, -0.2) is 18.3 Å². The summed E-state index contributed by atoms with van der Waals surface area (Å²) in [6.45, 7) is 8.11. The number of halogens is 1. The van der Waals surface area contributed by atoms with Gasteiger partial charge < -0.3 is 9.31 Å². The maximum atomic E-state index is 13.3. The molecule has 1 saturated heterocycles. The highest BCUT2D eigenvalue weighted by molar-refractivity contribution is 6.53. The maximum Gasteiger partial charge on any atom is 0.487 e. The van der Waals surface area contributed by atoms with Crippen molar-refractivity contribution < 1.29 is 13.7 Å². The normalized spacial score (nSPS) is 19.5. The molecule has 1 aliphatic heterocycles. The molecule has 2 nitrogen and oxygen atoms in total. The zero-order valence-electron chi connectivity index (χ0n) is 14.5. The molecule has 0 unspecified atom stereocenters. The van der Waals surface area contributed by atoms with Crippen LogP contribution in [0.2, 0.25) is 0 Å². The summed E-state index contributed by atoms with van der Waals surface area (Å²) in [5.74, 6) is 1.72. The number of hydrogen-bond acceptors (Lipinski definition) is 2. The summed E-state index contributed by atoms with van der Waals surface area (Å²) >= 11 is 0. The predicted octanol–water partition coefficient (Wildman–Crippen LogP) is 4.89. The van der Waals surface area contributed by atoms with E-state index in [1.807, 2.05) is 64.0 Å². The molecule has 4 heteroatoms. The predicted molar refractivity (Wildman–Crippen MR) is 96.0 cm³/mol. The van der Waals surface area contributed by atoms with Gasteiger partial charge in [-0.15, -0.1) is 0 Å². The van der Waals surface area contributed by atoms with Crippen LogP contribution in [-0.2, 0) is 9.31 Å². The molecular formula is C20H22BFO2. The fourth-order valence-electron chi connectivity index (χ4n) is 2.70. The molecule has 0 N–H and O–H groups in total. The topological polar surface area (TPSA) is 18.5 Å². The Labute approximate surface area is 143 Å². The first-order valence-electron chi connectivity index (χ1n) is 8.17. The Bertz CT molecular complexity index is 720. The lowest BCUT2D eigenvalue weighted by molar-refractivity contribution is 0.00578. The van der Waals surface area contributed by atoms with Gasteiger partial charge in [-0.3, -0.25) is 0 Å². The molecule has 0 aromatic heterocycles. The quantitative estimate of drug-likeness (QED) is 0.749. The van der Waals surface area contributed by atoms with Crippen LogP contribution in [0, 0.1) is 5.82 Å². The standard InChI is InChI=1S/C20H22BFO2/c1-19(2)20(3,4)24-21(23-19)14-18(15-8-6-5-7-9-15)16-10-12-17(22)13-11-16/h5-14H,1-4H3/b18-14+. The van der Waals surface area contributed by atoms with Crippen LogP contribution in [0.3, 0.4) is 0 Å². The van der Waals surface area contributed by atoms with Crippen molar-refractivity contribution in [2.45, 2.75) is 38.9 Å². The summed E-state index contributed by atoms with van der Waals surface area (Å²) in [6.07, 6.45) is 0. The van der Waals surface area contributed by atoms with Gasteiger partial charge in [0, 0.05) is 0 Å². The van der Waals surface area contributed by atoms with Crippen molar-refractivity contribution in [3.63, 3.8) is 0 Å². The third-order valence-corrected chi connectivity index (χ3v) is 4.81. The van der Waals surface area contributed by atoms with E-state index in [1.54, 1.807) is 12.1 Å². The Balaban J connectivity index is 2.01. The second kappa shape index (κ2) is 6.19. The average molecular weight is 324 g/mol. The highest BCUT2D eigenvalue weighted by Crippen LogP contribution is 2.38. The van der Waals surface area contributed by atoms with Gasteiger partial charge in [0.1, 0.15) is 5.82 Å². The summed E-state index contributed by atoms with van der Waals surface area (Å²) < 4.78 is 25.5. The van der Waals surface area contributed by atoms with Gasteiger partial charge in [-0.05, 0) is 62.5 Å². The van der Waals surface area contributed by atoms with Crippen molar-refractivity contribution in [3.05, 3.63) is 77.5 Å². The van der Waals surface area contributed by atoms with Crippen molar-refractivity contribution in [1.29, 1.82) is 0 Å². The highest BCUT2D eigenvalue weighted by atomic mass is 19.1. The molecule has 1 heterocycles. The van der Waals surface area contributed by atoms with Crippen LogP contribution in [0.15, 0.2) is 60.6 Å². The zero-order chi connectivity index (χ0) is 17.4. The molecule has 124 valence electrons. The Morgan fingerprint density at radius 3 is 1.88 bits per heavy atom. The van der Waals surface area contributed by atoms with Gasteiger partial charge in [0.2, 0.25) is 0 Å². The largest absolute Gasteiger partial charge is 0.487 e. The van der Waals surface area contributed by atoms with Gasteiger partial charge in [0.05, 0.1) is 11.2 Å². The van der Waals surface area contributed by atoms with Crippen molar-refractivity contribution in [2.75, 3.05) is 0 Å². The van der Waals surface area contributed by atoms with E-state index in [0.717, 1.165) is 16.7 Å². The summed E-state index contributed by atoms with van der Waals surface area (Å²) in [4.78, 5) is 0. The van der Waals surface area contributed by atoms with E-state index in [0.29, 0.717) is 0 Å². The zero-order valence-corrected chi connectivity index (χ0v) is 14.5. The average Bonchev–Trinajstić information content (AvgIpc) is 2.74. The van der Waals surface area contributed by atoms with Crippen LogP contribution < -0.4 is 0 Å². The Morgan fingerprint density at radius 2 is 1.33 bits per heavy atom. The summed E-state index contributed by atoms with van der Waals surface area (Å²) in [5, 5.41) is 0. The van der Waals surface area contributed by atoms with Gasteiger partial charge in [-0.2, -0.15) is 0 Å². The van der Waals surface area contributed by atoms with E-state index in [1.165, 1.54) is 12.1 Å². The molecule has 24 heavy (non-hydrogen) atoms. The first-order valence-corrected chi connectivity index (χ1v) is 8.17. The molecule has 0 atom stereocenters. The summed E-state index contributed by atoms with van der Waals surface area (Å²) in [5.41, 5.74) is 2.16. The monoisotopic (exact) mass is 324 g/mol. The van der Waals surface area contributed by atoms with Gasteiger partial charge >= 0.3 is 7.12 Å². The van der Waals surface area contributed by atoms with E-state index in [4.69, 9.17) is 9.31 Å². The smallest absolute Gasteiger partial charge is 0.400 e. The highest BCUT2D eigenvalue weighted by Gasteiger charge is 2.50. The molecule has 0 spiro atoms. The first kappa shape index (κ1) is 16.9. The number of benzene rings is 2. The SMILES string of the molecule is CC1(C)OB(/C=C(\c2ccccc2)c2ccc(F)cc2)OC1(C)C. The molecule has 0 radical (unpaired) electrons. The number of hydrogen-bond donors (Lipinski definition) is 0. The molecule has 1 aliphatic rings. The van der Waals surface area contributed by atoms with Gasteiger partial charge in [0.25, 0.3) is 0 Å². The van der Waals surface area contributed by atoms with Crippen molar-refractivity contribution in [1.82, 2.24) is 0 Å². The van der Waals surface area contributed by atoms with Crippen LogP contribution in [0.5, 0.6) is 0 Å². The molecule has 3 rings (SSSR count). The lowest BCUT2D eigenvalue weighted by atomic mass is 9.82. The second-order valence-electron chi connectivity index (χ2n) is 7.08. The lowest BCUT2D eigenvalue weighted by Gasteiger charge is -2.32. The van der Waals surface area contributed by atoms with Crippen molar-refractivity contribution >= 4 is 12.7 Å². The number of rotatable bonds is 3. The molecule has 2 aromatic rings. The second-order valence-corrected chi connectivity index (χ2v) is 7.08. The molecule has 0 bridgehead atoms. The van der Waals surface area contributed by atoms with E-state index >= 15 is 0 Å². The Hall–Kier alpha value is -1.91. The van der Waals surface area contributed by atoms with E-state index in [-0.39, 0.29) is 5.82 Å². The fraction of sp³-hybridized carbons (Fsp3) is 0.300. The molecule has 2 aromatic carbocycles. The van der Waals surface area contributed by atoms with Crippen molar-refractivity contribution in [2.24, 2.45) is 0 Å². The molecule has 0 amide bonds. The summed E-state index contributed by atoms with van der Waals surface area (Å²) in [6, 6.07) is 16.5. The van der Waals surface area contributed by atoms with Crippen LogP contribution >= 0.6 is 0 Å². The van der Waals surface area contributed by atoms with E-state index in [2.05, 4.69) is 0 Å². The first-order chi connectivity index (χ1) is 11.3. The third-order valence-electron chi connectivity index (χ3n) is 4.81. The van der Waals surface area contributed by atoms with E-state index < -0.39 is 18.3 Å². The van der Waals surface area contributed by atoms with Crippen molar-refractivity contribution in [3.8, 4) is 0 Å². The third kappa shape index (κ3) is 3.30. The van der Waals surface area contributed by atoms with Crippen LogP contribution in [0.4, 0.5) is 4.39 Å². The van der Waals surface area contributed by atoms with Crippen LogP contribution in [0.25, 0.3) is 5.57 Å². The van der Waals surface area contributed by atoms with Gasteiger partial charge in [0.15, 0.2) is 0 Å². The van der Waals surface area contributed by atoms with Gasteiger partial charge in [-0.25, -0.2) is 4.39 Å². The summed E-state index contributed by atoms with van der Waals surface area (Å²) in [7, 11) is -0.449. The minimum Gasteiger partial charge on any atom is -0.400 e. The Morgan fingerprint density at radius 1 is 0.833 bits per heavy atom. The minimum absolute atomic E-state index is 0.248. The molecular weight excluding hydrogens is 302 g/mol.